The lowest BCUT2D eigenvalue weighted by atomic mass is 9.67. The molecule has 0 bridgehead atoms. The Morgan fingerprint density at radius 2 is 1.74 bits per heavy atom. The van der Waals surface area contributed by atoms with E-state index in [1.165, 1.54) is 11.1 Å². The zero-order valence-electron chi connectivity index (χ0n) is 13.6. The predicted molar refractivity (Wildman–Crippen MR) is 85.0 cm³/mol. The fourth-order valence-corrected chi connectivity index (χ4v) is 3.51. The van der Waals surface area contributed by atoms with Gasteiger partial charge in [0.1, 0.15) is 0 Å². The largest absolute Gasteiger partial charge is 0.0726 e. The summed E-state index contributed by atoms with van der Waals surface area (Å²) in [7, 11) is 0. The maximum Gasteiger partial charge on any atom is 0.0108 e. The Hall–Kier alpha value is -1.04. The lowest BCUT2D eigenvalue weighted by Crippen LogP contribution is -2.27. The van der Waals surface area contributed by atoms with Crippen molar-refractivity contribution >= 4 is 0 Å². The van der Waals surface area contributed by atoms with E-state index in [0.717, 1.165) is 6.42 Å². The zero-order valence-corrected chi connectivity index (χ0v) is 13.6. The van der Waals surface area contributed by atoms with Crippen LogP contribution in [0, 0.1) is 17.3 Å². The van der Waals surface area contributed by atoms with E-state index in [0.29, 0.717) is 11.8 Å². The molecule has 0 fully saturated rings. The van der Waals surface area contributed by atoms with Crippen LogP contribution in [-0.2, 0) is 0 Å². The second-order valence-electron chi connectivity index (χ2n) is 7.49. The highest BCUT2D eigenvalue weighted by Gasteiger charge is 2.37. The zero-order chi connectivity index (χ0) is 14.4. The molecule has 0 aromatic carbocycles. The summed E-state index contributed by atoms with van der Waals surface area (Å²) < 4.78 is 0. The summed E-state index contributed by atoms with van der Waals surface area (Å²) in [6, 6.07) is 0. The molecule has 0 saturated carbocycles. The molecule has 0 radical (unpaired) electrons. The van der Waals surface area contributed by atoms with Crippen molar-refractivity contribution in [3.63, 3.8) is 0 Å². The third-order valence-electron chi connectivity index (χ3n) is 4.47. The molecule has 0 aliphatic heterocycles. The highest BCUT2D eigenvalue weighted by Crippen LogP contribution is 2.49. The van der Waals surface area contributed by atoms with Gasteiger partial charge < -0.3 is 0 Å². The van der Waals surface area contributed by atoms with Crippen LogP contribution in [0.3, 0.4) is 0 Å². The summed E-state index contributed by atoms with van der Waals surface area (Å²) in [4.78, 5) is 0. The monoisotopic (exact) mass is 256 g/mol. The Morgan fingerprint density at radius 3 is 2.26 bits per heavy atom. The first-order valence-corrected chi connectivity index (χ1v) is 7.52. The average molecular weight is 256 g/mol. The average Bonchev–Trinajstić information content (AvgIpc) is 2.55. The van der Waals surface area contributed by atoms with Gasteiger partial charge in [-0.2, -0.15) is 0 Å². The summed E-state index contributed by atoms with van der Waals surface area (Å²) in [6.45, 7) is 16.4. The molecule has 1 unspecified atom stereocenters. The van der Waals surface area contributed by atoms with Gasteiger partial charge in [-0.25, -0.2) is 0 Å². The molecule has 0 aromatic heterocycles. The topological polar surface area (TPSA) is 0 Å². The lowest BCUT2D eigenvalue weighted by Gasteiger charge is -2.37. The van der Waals surface area contributed by atoms with Crippen LogP contribution < -0.4 is 0 Å². The molecule has 19 heavy (non-hydrogen) atoms. The summed E-state index contributed by atoms with van der Waals surface area (Å²) in [5.74, 6) is 1.16. The van der Waals surface area contributed by atoms with E-state index in [4.69, 9.17) is 0 Å². The van der Waals surface area contributed by atoms with E-state index in [1.807, 2.05) is 0 Å². The molecule has 0 amide bonds. The first-order chi connectivity index (χ1) is 8.73. The molecule has 2 aliphatic carbocycles. The van der Waals surface area contributed by atoms with Crippen LogP contribution in [-0.4, -0.2) is 0 Å². The van der Waals surface area contributed by atoms with Crippen LogP contribution in [0.25, 0.3) is 0 Å². The van der Waals surface area contributed by atoms with Crippen molar-refractivity contribution in [2.24, 2.45) is 17.3 Å². The van der Waals surface area contributed by atoms with Crippen LogP contribution >= 0.6 is 0 Å². The smallest absolute Gasteiger partial charge is 0.0108 e. The van der Waals surface area contributed by atoms with E-state index in [-0.39, 0.29) is 5.41 Å². The number of hydrogen-bond acceptors (Lipinski definition) is 0. The summed E-state index contributed by atoms with van der Waals surface area (Å²) in [6.07, 6.45) is 8.26. The van der Waals surface area contributed by atoms with E-state index >= 15 is 0 Å². The van der Waals surface area contributed by atoms with Gasteiger partial charge in [0.15, 0.2) is 0 Å². The Bertz CT molecular complexity index is 499. The first-order valence-electron chi connectivity index (χ1n) is 7.52. The third kappa shape index (κ3) is 2.50. The Balaban J connectivity index is 2.65. The van der Waals surface area contributed by atoms with Gasteiger partial charge in [0.25, 0.3) is 0 Å². The summed E-state index contributed by atoms with van der Waals surface area (Å²) >= 11 is 0. The molecule has 0 heterocycles. The van der Waals surface area contributed by atoms with Gasteiger partial charge in [-0.1, -0.05) is 64.0 Å². The maximum atomic E-state index is 2.42. The molecule has 0 heteroatoms. The first kappa shape index (κ1) is 14.4. The molecule has 0 saturated heterocycles. The van der Waals surface area contributed by atoms with E-state index in [1.54, 1.807) is 16.7 Å². The minimum absolute atomic E-state index is 0.272. The van der Waals surface area contributed by atoms with Crippen LogP contribution in [0.15, 0.2) is 46.1 Å². The van der Waals surface area contributed by atoms with Gasteiger partial charge in [-0.05, 0) is 48.3 Å². The number of fused-ring (bicyclic) bond motifs is 1. The van der Waals surface area contributed by atoms with E-state index in [9.17, 15) is 0 Å². The van der Waals surface area contributed by atoms with E-state index in [2.05, 4.69) is 66.7 Å². The van der Waals surface area contributed by atoms with Crippen LogP contribution in [0.2, 0.25) is 0 Å². The van der Waals surface area contributed by atoms with Crippen molar-refractivity contribution in [2.75, 3.05) is 0 Å². The SMILES string of the molecule is CC1=CC=C(C(C)C)C(C(C)(C)C)C2=C(C)CC=C12. The quantitative estimate of drug-likeness (QED) is 0.553. The molecule has 2 aliphatic rings. The number of hydrogen-bond donors (Lipinski definition) is 0. The predicted octanol–water partition coefficient (Wildman–Crippen LogP) is 5.84. The van der Waals surface area contributed by atoms with Gasteiger partial charge in [0, 0.05) is 5.92 Å². The molecule has 0 nitrogen and oxygen atoms in total. The van der Waals surface area contributed by atoms with Crippen molar-refractivity contribution in [1.82, 2.24) is 0 Å². The second kappa shape index (κ2) is 4.81. The fourth-order valence-electron chi connectivity index (χ4n) is 3.51. The Morgan fingerprint density at radius 1 is 1.11 bits per heavy atom. The molecular formula is C19H28. The summed E-state index contributed by atoms with van der Waals surface area (Å²) in [5.41, 5.74) is 7.97. The number of rotatable bonds is 1. The minimum Gasteiger partial charge on any atom is -0.0726 e. The Labute approximate surface area is 119 Å². The van der Waals surface area contributed by atoms with Crippen LogP contribution in [0.4, 0.5) is 0 Å². The fraction of sp³-hybridized carbons (Fsp3) is 0.579. The van der Waals surface area contributed by atoms with Gasteiger partial charge in [-0.3, -0.25) is 0 Å². The maximum absolute atomic E-state index is 2.42. The van der Waals surface area contributed by atoms with Crippen LogP contribution in [0.5, 0.6) is 0 Å². The lowest BCUT2D eigenvalue weighted by molar-refractivity contribution is 0.304. The highest BCUT2D eigenvalue weighted by atomic mass is 14.4. The molecular weight excluding hydrogens is 228 g/mol. The minimum atomic E-state index is 0.272. The molecule has 104 valence electrons. The van der Waals surface area contributed by atoms with Gasteiger partial charge >= 0.3 is 0 Å². The highest BCUT2D eigenvalue weighted by molar-refractivity contribution is 5.59. The van der Waals surface area contributed by atoms with Crippen molar-refractivity contribution in [1.29, 1.82) is 0 Å². The molecule has 1 atom stereocenters. The van der Waals surface area contributed by atoms with Gasteiger partial charge in [0.2, 0.25) is 0 Å². The molecule has 0 spiro atoms. The van der Waals surface area contributed by atoms with Crippen molar-refractivity contribution < 1.29 is 0 Å². The standard InChI is InChI=1S/C19H28/c1-12(2)15-10-8-13(3)16-11-9-14(4)17(16)18(15)19(5,6)7/h8,10-12,18H,9H2,1-7H3. The van der Waals surface area contributed by atoms with Crippen LogP contribution in [0.1, 0.15) is 54.9 Å². The summed E-state index contributed by atoms with van der Waals surface area (Å²) in [5, 5.41) is 0. The molecule has 0 aromatic rings. The number of allylic oxidation sites excluding steroid dienone is 8. The van der Waals surface area contributed by atoms with Gasteiger partial charge in [0.05, 0.1) is 0 Å². The normalized spacial score (nSPS) is 24.0. The van der Waals surface area contributed by atoms with Crippen molar-refractivity contribution in [3.8, 4) is 0 Å². The van der Waals surface area contributed by atoms with Gasteiger partial charge in [-0.15, -0.1) is 0 Å². The Kier molecular flexibility index (Phi) is 3.64. The van der Waals surface area contributed by atoms with Crippen molar-refractivity contribution in [2.45, 2.75) is 54.9 Å². The second-order valence-corrected chi connectivity index (χ2v) is 7.49. The van der Waals surface area contributed by atoms with Crippen molar-refractivity contribution in [3.05, 3.63) is 46.1 Å². The van der Waals surface area contributed by atoms with E-state index < -0.39 is 0 Å². The third-order valence-corrected chi connectivity index (χ3v) is 4.47. The molecule has 2 rings (SSSR count). The molecule has 0 N–H and O–H groups in total.